The summed E-state index contributed by atoms with van der Waals surface area (Å²) in [6.07, 6.45) is 0. The molecule has 2 N–H and O–H groups in total. The van der Waals surface area contributed by atoms with E-state index in [1.807, 2.05) is 0 Å². The molecule has 0 radical (unpaired) electrons. The molecule has 4 nitrogen and oxygen atoms in total. The van der Waals surface area contributed by atoms with Crippen LogP contribution in [0.4, 0.5) is 0 Å². The van der Waals surface area contributed by atoms with Crippen molar-refractivity contribution < 1.29 is 29.5 Å². The van der Waals surface area contributed by atoms with Crippen LogP contribution in [0.5, 0.6) is 0 Å². The van der Waals surface area contributed by atoms with Gasteiger partial charge in [0.15, 0.2) is 0 Å². The Hall–Kier alpha value is 0.912. The summed E-state index contributed by atoms with van der Waals surface area (Å²) >= 11 is -5.25. The van der Waals surface area contributed by atoms with E-state index in [2.05, 4.69) is 0 Å². The Labute approximate surface area is 49.9 Å². The van der Waals surface area contributed by atoms with Crippen molar-refractivity contribution in [3.63, 3.8) is 0 Å². The molecule has 7 heteroatoms. The Kier molecular flexibility index (Phi) is 11.3. The van der Waals surface area contributed by atoms with Gasteiger partial charge in [-0.05, 0) is 0 Å². The van der Waals surface area contributed by atoms with E-state index in [9.17, 15) is 0 Å². The van der Waals surface area contributed by atoms with Gasteiger partial charge in [-0.2, -0.15) is 19.8 Å². The summed E-state index contributed by atoms with van der Waals surface area (Å²) in [4.78, 5) is 0. The number of hydrogen-bond donors (Lipinski definition) is 2. The summed E-state index contributed by atoms with van der Waals surface area (Å²) in [5.74, 6) is 0. The van der Waals surface area contributed by atoms with Gasteiger partial charge in [-0.3, -0.25) is 0 Å². The van der Waals surface area contributed by atoms with Crippen molar-refractivity contribution >= 4 is 19.8 Å². The van der Waals surface area contributed by atoms with Gasteiger partial charge in [-0.15, -0.1) is 0 Å². The van der Waals surface area contributed by atoms with Crippen LogP contribution in [0.3, 0.4) is 0 Å². The molecule has 0 aliphatic heterocycles. The van der Waals surface area contributed by atoms with Crippen LogP contribution < -0.4 is 0 Å². The SMILES string of the molecule is P.P.[O]=[Cr](=[O])([OH])[OH]. The molecule has 0 spiro atoms. The summed E-state index contributed by atoms with van der Waals surface area (Å²) in [6, 6.07) is 0. The Morgan fingerprint density at radius 1 is 1.00 bits per heavy atom. The first-order chi connectivity index (χ1) is 2.00. The standard InChI is InChI=1S/Cr.2H2O.2O.2H3P/h;2*1H2;;;2*1H3/q+2;;;;;;/p-2. The summed E-state index contributed by atoms with van der Waals surface area (Å²) in [5, 5.41) is 0. The molecule has 0 fully saturated rings. The monoisotopic (exact) mass is 186 g/mol. The molecule has 0 aromatic carbocycles. The molecule has 48 valence electrons. The molecule has 0 aliphatic rings. The van der Waals surface area contributed by atoms with Gasteiger partial charge in [0.2, 0.25) is 0 Å². The van der Waals surface area contributed by atoms with Crippen LogP contribution in [0, 0.1) is 0 Å². The first kappa shape index (κ1) is 15.7. The normalized spacial score (nSPS) is 8.29. The Balaban J connectivity index is -0.0000000800. The van der Waals surface area contributed by atoms with Crippen LogP contribution >= 0.6 is 19.8 Å². The third kappa shape index (κ3) is 200. The predicted octanol–water partition coefficient (Wildman–Crippen LogP) is -1.24. The average molecular weight is 186 g/mol. The molecule has 2 unspecified atom stereocenters. The second-order valence-electron chi connectivity index (χ2n) is 0.448. The van der Waals surface area contributed by atoms with Crippen molar-refractivity contribution in [3.05, 3.63) is 0 Å². The molecule has 7 heavy (non-hydrogen) atoms. The molecule has 0 aliphatic carbocycles. The minimum atomic E-state index is -5.25. The van der Waals surface area contributed by atoms with Crippen LogP contribution in [-0.2, 0) is 21.2 Å². The van der Waals surface area contributed by atoms with Crippen LogP contribution in [0.2, 0.25) is 0 Å². The fourth-order valence-corrected chi connectivity index (χ4v) is 0. The third-order valence-electron chi connectivity index (χ3n) is 0. The van der Waals surface area contributed by atoms with Crippen LogP contribution in [-0.4, -0.2) is 8.32 Å². The van der Waals surface area contributed by atoms with Crippen molar-refractivity contribution in [2.45, 2.75) is 0 Å². The fourth-order valence-electron chi connectivity index (χ4n) is 0. The van der Waals surface area contributed by atoms with E-state index in [1.165, 1.54) is 0 Å². The van der Waals surface area contributed by atoms with Crippen molar-refractivity contribution in [2.24, 2.45) is 0 Å². The molecule has 0 bridgehead atoms. The van der Waals surface area contributed by atoms with Gasteiger partial charge in [0, 0.05) is 0 Å². The molecule has 0 rings (SSSR count). The van der Waals surface area contributed by atoms with E-state index < -0.39 is 13.6 Å². The van der Waals surface area contributed by atoms with Crippen LogP contribution in [0.25, 0.3) is 0 Å². The van der Waals surface area contributed by atoms with Gasteiger partial charge in [-0.25, -0.2) is 0 Å². The Bertz CT molecular complexity index is 92.9. The Morgan fingerprint density at radius 3 is 1.00 bits per heavy atom. The fraction of sp³-hybridized carbons (Fsp3) is 0. The van der Waals surface area contributed by atoms with Gasteiger partial charge in [-0.1, -0.05) is 0 Å². The zero-order valence-electron chi connectivity index (χ0n) is 3.53. The summed E-state index contributed by atoms with van der Waals surface area (Å²) < 4.78 is 31.9. The summed E-state index contributed by atoms with van der Waals surface area (Å²) in [6.45, 7) is 0. The van der Waals surface area contributed by atoms with Crippen molar-refractivity contribution in [1.82, 2.24) is 0 Å². The van der Waals surface area contributed by atoms with Gasteiger partial charge in [0.05, 0.1) is 0 Å². The van der Waals surface area contributed by atoms with Gasteiger partial charge in [0.1, 0.15) is 0 Å². The zero-order valence-corrected chi connectivity index (χ0v) is 7.64. The van der Waals surface area contributed by atoms with E-state index in [1.54, 1.807) is 0 Å². The molecule has 0 aromatic heterocycles. The molecule has 2 atom stereocenters. The first-order valence-electron chi connectivity index (χ1n) is 0.698. The van der Waals surface area contributed by atoms with Gasteiger partial charge in [0.25, 0.3) is 0 Å². The van der Waals surface area contributed by atoms with E-state index in [4.69, 9.17) is 15.9 Å². The molecule has 0 saturated carbocycles. The second kappa shape index (κ2) is 5.06. The van der Waals surface area contributed by atoms with E-state index in [0.29, 0.717) is 0 Å². The maximum atomic E-state index is 8.82. The first-order valence-corrected chi connectivity index (χ1v) is 2.88. The summed E-state index contributed by atoms with van der Waals surface area (Å²) in [7, 11) is 0. The number of rotatable bonds is 0. The Morgan fingerprint density at radius 2 is 1.00 bits per heavy atom. The van der Waals surface area contributed by atoms with Crippen LogP contribution in [0.15, 0.2) is 0 Å². The maximum absolute atomic E-state index is 8.82. The van der Waals surface area contributed by atoms with E-state index in [-0.39, 0.29) is 19.8 Å². The zero-order chi connectivity index (χ0) is 4.50. The molecular formula is H8CrO4P2. The summed E-state index contributed by atoms with van der Waals surface area (Å²) in [5.41, 5.74) is 0. The quantitative estimate of drug-likeness (QED) is 0.464. The molecule has 0 heterocycles. The predicted molar refractivity (Wildman–Crippen MR) is 28.0 cm³/mol. The van der Waals surface area contributed by atoms with E-state index >= 15 is 0 Å². The average Bonchev–Trinajstić information content (AvgIpc) is 0.722. The second-order valence-corrected chi connectivity index (χ2v) is 1.85. The molecular weight excluding hydrogens is 178 g/mol. The molecule has 0 aromatic rings. The molecule has 0 saturated heterocycles. The number of hydrogen-bond acceptors (Lipinski definition) is 2. The van der Waals surface area contributed by atoms with E-state index in [0.717, 1.165) is 0 Å². The third-order valence-corrected chi connectivity index (χ3v) is 0. The molecule has 0 amide bonds. The minimum absolute atomic E-state index is 0. The van der Waals surface area contributed by atoms with Gasteiger partial charge < -0.3 is 0 Å². The van der Waals surface area contributed by atoms with Crippen molar-refractivity contribution in [2.75, 3.05) is 0 Å². The van der Waals surface area contributed by atoms with Crippen molar-refractivity contribution in [3.8, 4) is 0 Å². The van der Waals surface area contributed by atoms with Gasteiger partial charge >= 0.3 is 29.5 Å². The van der Waals surface area contributed by atoms with Crippen molar-refractivity contribution in [1.29, 1.82) is 0 Å². The van der Waals surface area contributed by atoms with Crippen LogP contribution in [0.1, 0.15) is 0 Å². The topological polar surface area (TPSA) is 74.6 Å².